The lowest BCUT2D eigenvalue weighted by molar-refractivity contribution is -0.138. The van der Waals surface area contributed by atoms with Crippen molar-refractivity contribution >= 4 is 11.8 Å². The van der Waals surface area contributed by atoms with Crippen LogP contribution in [0.5, 0.6) is 0 Å². The van der Waals surface area contributed by atoms with E-state index in [1.807, 2.05) is 13.8 Å². The molecule has 1 N–H and O–H groups in total. The van der Waals surface area contributed by atoms with Gasteiger partial charge < -0.3 is 15.0 Å². The minimum Gasteiger partial charge on any atom is -0.379 e. The van der Waals surface area contributed by atoms with Gasteiger partial charge in [-0.25, -0.2) is 0 Å². The number of nitrogens with zero attached hydrogens (tertiary/aromatic N) is 1. The first kappa shape index (κ1) is 15.0. The molecule has 0 unspecified atom stereocenters. The maximum Gasteiger partial charge on any atom is 0.247 e. The molecule has 0 atom stereocenters. The molecule has 2 amide bonds. The Hall–Kier alpha value is -1.10. The first-order valence-corrected chi connectivity index (χ1v) is 6.33. The van der Waals surface area contributed by atoms with Crippen molar-refractivity contribution in [2.75, 3.05) is 20.2 Å². The lowest BCUT2D eigenvalue weighted by atomic mass is 10.0. The molecule has 5 nitrogen and oxygen atoms in total. The summed E-state index contributed by atoms with van der Waals surface area (Å²) >= 11 is 0. The second-order valence-corrected chi connectivity index (χ2v) is 5.93. The molecule has 1 aliphatic rings. The van der Waals surface area contributed by atoms with Gasteiger partial charge in [-0.15, -0.1) is 0 Å². The molecule has 1 fully saturated rings. The summed E-state index contributed by atoms with van der Waals surface area (Å²) in [6.07, 6.45) is 1.11. The number of ether oxygens (including phenoxy) is 1. The Balaban J connectivity index is 2.70. The van der Waals surface area contributed by atoms with Crippen LogP contribution in [0.25, 0.3) is 0 Å². The van der Waals surface area contributed by atoms with Crippen LogP contribution in [-0.4, -0.2) is 48.1 Å². The monoisotopic (exact) mass is 256 g/mol. The Morgan fingerprint density at radius 3 is 2.56 bits per heavy atom. The van der Waals surface area contributed by atoms with Crippen LogP contribution >= 0.6 is 0 Å². The van der Waals surface area contributed by atoms with Crippen molar-refractivity contribution in [2.24, 2.45) is 0 Å². The molecule has 0 saturated carbocycles. The van der Waals surface area contributed by atoms with Gasteiger partial charge in [0.25, 0.3) is 0 Å². The number of hydrogen-bond donors (Lipinski definition) is 1. The van der Waals surface area contributed by atoms with Gasteiger partial charge in [0.05, 0.1) is 5.60 Å². The number of amides is 2. The predicted molar refractivity (Wildman–Crippen MR) is 69.1 cm³/mol. The van der Waals surface area contributed by atoms with E-state index in [-0.39, 0.29) is 17.4 Å². The molecular formula is C13H24N2O3. The van der Waals surface area contributed by atoms with Crippen LogP contribution in [0.15, 0.2) is 0 Å². The highest BCUT2D eigenvalue weighted by Gasteiger charge is 2.36. The molecule has 1 heterocycles. The molecule has 1 saturated heterocycles. The third-order valence-corrected chi connectivity index (χ3v) is 3.42. The SMILES string of the molecule is COC(C)(C)CCN1CCC(=O)NC(C)(C)C1=O. The molecule has 0 bridgehead atoms. The molecule has 0 aromatic heterocycles. The van der Waals surface area contributed by atoms with Crippen LogP contribution in [0, 0.1) is 0 Å². The quantitative estimate of drug-likeness (QED) is 0.814. The fourth-order valence-corrected chi connectivity index (χ4v) is 1.92. The fourth-order valence-electron chi connectivity index (χ4n) is 1.92. The van der Waals surface area contributed by atoms with Crippen LogP contribution in [0.4, 0.5) is 0 Å². The van der Waals surface area contributed by atoms with Gasteiger partial charge in [-0.2, -0.15) is 0 Å². The summed E-state index contributed by atoms with van der Waals surface area (Å²) in [4.78, 5) is 25.6. The molecular weight excluding hydrogens is 232 g/mol. The zero-order chi connectivity index (χ0) is 14.0. The van der Waals surface area contributed by atoms with Crippen molar-refractivity contribution in [1.29, 1.82) is 0 Å². The summed E-state index contributed by atoms with van der Waals surface area (Å²) in [7, 11) is 1.67. The van der Waals surface area contributed by atoms with E-state index in [4.69, 9.17) is 4.74 Å². The van der Waals surface area contributed by atoms with Gasteiger partial charge in [-0.1, -0.05) is 0 Å². The molecule has 0 spiro atoms. The van der Waals surface area contributed by atoms with E-state index in [9.17, 15) is 9.59 Å². The normalized spacial score (nSPS) is 20.6. The lowest BCUT2D eigenvalue weighted by Crippen LogP contribution is -2.53. The largest absolute Gasteiger partial charge is 0.379 e. The smallest absolute Gasteiger partial charge is 0.247 e. The van der Waals surface area contributed by atoms with Gasteiger partial charge in [0.15, 0.2) is 0 Å². The van der Waals surface area contributed by atoms with Crippen LogP contribution in [0.1, 0.15) is 40.5 Å². The van der Waals surface area contributed by atoms with E-state index < -0.39 is 5.54 Å². The van der Waals surface area contributed by atoms with Crippen molar-refractivity contribution in [3.8, 4) is 0 Å². The maximum absolute atomic E-state index is 12.3. The molecule has 0 aromatic rings. The highest BCUT2D eigenvalue weighted by Crippen LogP contribution is 2.18. The Morgan fingerprint density at radius 2 is 2.00 bits per heavy atom. The van der Waals surface area contributed by atoms with Crippen molar-refractivity contribution in [3.63, 3.8) is 0 Å². The standard InChI is InChI=1S/C13H24N2O3/c1-12(2,18-5)7-9-15-8-6-10(16)14-13(3,4)11(15)17/h6-9H2,1-5H3,(H,14,16). The number of nitrogens with one attached hydrogen (secondary N) is 1. The summed E-state index contributed by atoms with van der Waals surface area (Å²) in [5.41, 5.74) is -1.07. The van der Waals surface area contributed by atoms with Gasteiger partial charge in [-0.3, -0.25) is 9.59 Å². The summed E-state index contributed by atoms with van der Waals surface area (Å²) in [5.74, 6) is -0.0953. The second kappa shape index (κ2) is 5.26. The average molecular weight is 256 g/mol. The van der Waals surface area contributed by atoms with Gasteiger partial charge in [0, 0.05) is 26.6 Å². The molecule has 5 heteroatoms. The summed E-state index contributed by atoms with van der Waals surface area (Å²) in [6, 6.07) is 0. The number of carbonyl (C=O) groups excluding carboxylic acids is 2. The van der Waals surface area contributed by atoms with Crippen LogP contribution in [-0.2, 0) is 14.3 Å². The van der Waals surface area contributed by atoms with E-state index in [1.54, 1.807) is 25.9 Å². The highest BCUT2D eigenvalue weighted by molar-refractivity contribution is 5.92. The highest BCUT2D eigenvalue weighted by atomic mass is 16.5. The number of methoxy groups -OCH3 is 1. The Morgan fingerprint density at radius 1 is 1.39 bits per heavy atom. The van der Waals surface area contributed by atoms with Gasteiger partial charge in [-0.05, 0) is 34.1 Å². The average Bonchev–Trinajstić information content (AvgIpc) is 2.36. The Kier molecular flexibility index (Phi) is 4.37. The lowest BCUT2D eigenvalue weighted by Gasteiger charge is -2.31. The number of carbonyl (C=O) groups is 2. The second-order valence-electron chi connectivity index (χ2n) is 5.93. The minimum absolute atomic E-state index is 0.0275. The van der Waals surface area contributed by atoms with E-state index in [2.05, 4.69) is 5.32 Å². The molecule has 1 aliphatic heterocycles. The minimum atomic E-state index is -0.815. The molecule has 104 valence electrons. The third-order valence-electron chi connectivity index (χ3n) is 3.42. The summed E-state index contributed by atoms with van der Waals surface area (Å²) in [5, 5.41) is 2.75. The zero-order valence-corrected chi connectivity index (χ0v) is 12.0. The topological polar surface area (TPSA) is 58.6 Å². The molecule has 0 radical (unpaired) electrons. The van der Waals surface area contributed by atoms with E-state index in [0.29, 0.717) is 19.5 Å². The van der Waals surface area contributed by atoms with Crippen molar-refractivity contribution in [3.05, 3.63) is 0 Å². The molecule has 0 aromatic carbocycles. The van der Waals surface area contributed by atoms with Crippen LogP contribution in [0.3, 0.4) is 0 Å². The van der Waals surface area contributed by atoms with Gasteiger partial charge in [0.2, 0.25) is 11.8 Å². The first-order valence-electron chi connectivity index (χ1n) is 6.33. The molecule has 0 aliphatic carbocycles. The third kappa shape index (κ3) is 3.70. The summed E-state index contributed by atoms with van der Waals surface area (Å²) in [6.45, 7) is 8.56. The van der Waals surface area contributed by atoms with Crippen LogP contribution in [0.2, 0.25) is 0 Å². The van der Waals surface area contributed by atoms with Crippen molar-refractivity contribution in [2.45, 2.75) is 51.7 Å². The van der Waals surface area contributed by atoms with Crippen molar-refractivity contribution in [1.82, 2.24) is 10.2 Å². The zero-order valence-electron chi connectivity index (χ0n) is 12.0. The molecule has 18 heavy (non-hydrogen) atoms. The summed E-state index contributed by atoms with van der Waals surface area (Å²) < 4.78 is 5.35. The first-order chi connectivity index (χ1) is 8.18. The van der Waals surface area contributed by atoms with E-state index in [0.717, 1.165) is 6.42 Å². The fraction of sp³-hybridized carbons (Fsp3) is 0.846. The van der Waals surface area contributed by atoms with Gasteiger partial charge >= 0.3 is 0 Å². The van der Waals surface area contributed by atoms with E-state index >= 15 is 0 Å². The Bertz CT molecular complexity index is 337. The van der Waals surface area contributed by atoms with Crippen molar-refractivity contribution < 1.29 is 14.3 Å². The van der Waals surface area contributed by atoms with Gasteiger partial charge in [0.1, 0.15) is 5.54 Å². The number of rotatable bonds is 4. The maximum atomic E-state index is 12.3. The molecule has 1 rings (SSSR count). The van der Waals surface area contributed by atoms with E-state index in [1.165, 1.54) is 0 Å². The predicted octanol–water partition coefficient (Wildman–Crippen LogP) is 0.929. The number of hydrogen-bond acceptors (Lipinski definition) is 3. The Labute approximate surface area is 109 Å². The van der Waals surface area contributed by atoms with Crippen LogP contribution < -0.4 is 5.32 Å².